The molecule has 1 aromatic carbocycles. The Labute approximate surface area is 126 Å². The Morgan fingerprint density at radius 1 is 1.45 bits per heavy atom. The summed E-state index contributed by atoms with van der Waals surface area (Å²) >= 11 is 0. The number of hydrogen-bond acceptors (Lipinski definition) is 4. The molecule has 22 heavy (non-hydrogen) atoms. The maximum absolute atomic E-state index is 13.1. The summed E-state index contributed by atoms with van der Waals surface area (Å²) in [6.07, 6.45) is 0.738. The molecular weight excluding hydrogens is 291 g/mol. The van der Waals surface area contributed by atoms with Crippen molar-refractivity contribution in [1.82, 2.24) is 4.90 Å². The first-order valence-corrected chi connectivity index (χ1v) is 7.14. The van der Waals surface area contributed by atoms with Crippen LogP contribution < -0.4 is 5.32 Å². The smallest absolute Gasteiger partial charge is 0.317 e. The molecule has 2 fully saturated rings. The average Bonchev–Trinajstić information content (AvgIpc) is 2.83. The molecule has 2 aliphatic rings. The molecule has 1 spiro atoms. The van der Waals surface area contributed by atoms with E-state index in [1.807, 2.05) is 0 Å². The van der Waals surface area contributed by atoms with Crippen LogP contribution in [-0.4, -0.2) is 53.2 Å². The van der Waals surface area contributed by atoms with Gasteiger partial charge in [-0.25, -0.2) is 4.39 Å². The SMILES string of the molecule is O=C(O)CN1CC2(CCC(C(=O)Nc3cccc(F)c3)O2)C1. The van der Waals surface area contributed by atoms with E-state index in [2.05, 4.69) is 5.32 Å². The van der Waals surface area contributed by atoms with Crippen LogP contribution >= 0.6 is 0 Å². The van der Waals surface area contributed by atoms with Crippen LogP contribution in [0.1, 0.15) is 12.8 Å². The van der Waals surface area contributed by atoms with Gasteiger partial charge in [-0.05, 0) is 31.0 Å². The summed E-state index contributed by atoms with van der Waals surface area (Å²) in [7, 11) is 0. The highest BCUT2D eigenvalue weighted by molar-refractivity contribution is 5.94. The van der Waals surface area contributed by atoms with E-state index in [9.17, 15) is 14.0 Å². The van der Waals surface area contributed by atoms with Gasteiger partial charge in [0.2, 0.25) is 0 Å². The van der Waals surface area contributed by atoms with Crippen LogP contribution in [0.25, 0.3) is 0 Å². The van der Waals surface area contributed by atoms with Crippen LogP contribution in [0, 0.1) is 5.82 Å². The van der Waals surface area contributed by atoms with Gasteiger partial charge in [0.05, 0.1) is 12.1 Å². The summed E-state index contributed by atoms with van der Waals surface area (Å²) < 4.78 is 18.9. The lowest BCUT2D eigenvalue weighted by Gasteiger charge is -2.46. The van der Waals surface area contributed by atoms with Crippen molar-refractivity contribution in [1.29, 1.82) is 0 Å². The first-order chi connectivity index (χ1) is 10.5. The quantitative estimate of drug-likeness (QED) is 0.870. The van der Waals surface area contributed by atoms with Crippen LogP contribution in [-0.2, 0) is 14.3 Å². The Kier molecular flexibility index (Phi) is 3.84. The van der Waals surface area contributed by atoms with E-state index in [0.717, 1.165) is 6.42 Å². The summed E-state index contributed by atoms with van der Waals surface area (Å²) in [6, 6.07) is 5.70. The highest BCUT2D eigenvalue weighted by atomic mass is 19.1. The maximum Gasteiger partial charge on any atom is 0.317 e. The molecule has 1 aromatic rings. The molecule has 7 heteroatoms. The van der Waals surface area contributed by atoms with Crippen molar-refractivity contribution in [2.24, 2.45) is 0 Å². The summed E-state index contributed by atoms with van der Waals surface area (Å²) in [5.74, 6) is -1.57. The summed E-state index contributed by atoms with van der Waals surface area (Å²) in [5.41, 5.74) is -0.00462. The molecule has 118 valence electrons. The van der Waals surface area contributed by atoms with E-state index in [0.29, 0.717) is 25.2 Å². The normalized spacial score (nSPS) is 23.2. The minimum atomic E-state index is -0.867. The fourth-order valence-electron chi connectivity index (χ4n) is 3.09. The number of carboxylic acid groups (broad SMARTS) is 1. The Hall–Kier alpha value is -1.99. The van der Waals surface area contributed by atoms with E-state index >= 15 is 0 Å². The molecule has 1 amide bonds. The molecule has 2 heterocycles. The molecule has 1 unspecified atom stereocenters. The topological polar surface area (TPSA) is 78.9 Å². The van der Waals surface area contributed by atoms with E-state index in [4.69, 9.17) is 9.84 Å². The number of carboxylic acids is 1. The Morgan fingerprint density at radius 3 is 2.91 bits per heavy atom. The lowest BCUT2D eigenvalue weighted by Crippen LogP contribution is -2.62. The first kappa shape index (κ1) is 14.9. The van der Waals surface area contributed by atoms with Gasteiger partial charge < -0.3 is 15.2 Å². The number of nitrogens with zero attached hydrogens (tertiary/aromatic N) is 1. The molecule has 0 aliphatic carbocycles. The zero-order valence-electron chi connectivity index (χ0n) is 11.9. The fourth-order valence-corrected chi connectivity index (χ4v) is 3.09. The number of carbonyl (C=O) groups excluding carboxylic acids is 1. The van der Waals surface area contributed by atoms with Crippen molar-refractivity contribution in [2.75, 3.05) is 25.0 Å². The van der Waals surface area contributed by atoms with Gasteiger partial charge in [-0.15, -0.1) is 0 Å². The summed E-state index contributed by atoms with van der Waals surface area (Å²) in [5, 5.41) is 11.4. The molecule has 3 rings (SSSR count). The van der Waals surface area contributed by atoms with Crippen molar-refractivity contribution in [3.8, 4) is 0 Å². The minimum Gasteiger partial charge on any atom is -0.480 e. The number of ether oxygens (including phenoxy) is 1. The third-order valence-corrected chi connectivity index (χ3v) is 4.02. The van der Waals surface area contributed by atoms with Gasteiger partial charge in [0.15, 0.2) is 0 Å². The van der Waals surface area contributed by atoms with Crippen molar-refractivity contribution in [2.45, 2.75) is 24.5 Å². The fraction of sp³-hybridized carbons (Fsp3) is 0.467. The minimum absolute atomic E-state index is 0.00867. The zero-order valence-corrected chi connectivity index (χ0v) is 11.9. The Bertz CT molecular complexity index is 601. The Balaban J connectivity index is 1.53. The monoisotopic (exact) mass is 308 g/mol. The lowest BCUT2D eigenvalue weighted by molar-refractivity contribution is -0.161. The van der Waals surface area contributed by atoms with Crippen molar-refractivity contribution in [3.05, 3.63) is 30.1 Å². The van der Waals surface area contributed by atoms with Gasteiger partial charge in [0.25, 0.3) is 5.91 Å². The lowest BCUT2D eigenvalue weighted by atomic mass is 9.91. The van der Waals surface area contributed by atoms with Gasteiger partial charge >= 0.3 is 5.97 Å². The third kappa shape index (κ3) is 3.10. The van der Waals surface area contributed by atoms with Crippen molar-refractivity contribution < 1.29 is 23.8 Å². The van der Waals surface area contributed by atoms with Gasteiger partial charge in [0, 0.05) is 18.8 Å². The number of anilines is 1. The van der Waals surface area contributed by atoms with Crippen LogP contribution in [0.3, 0.4) is 0 Å². The molecule has 6 nitrogen and oxygen atoms in total. The molecule has 0 radical (unpaired) electrons. The van der Waals surface area contributed by atoms with Gasteiger partial charge in [0.1, 0.15) is 11.9 Å². The van der Waals surface area contributed by atoms with Gasteiger partial charge in [-0.2, -0.15) is 0 Å². The molecule has 1 atom stereocenters. The number of rotatable bonds is 4. The first-order valence-electron chi connectivity index (χ1n) is 7.14. The third-order valence-electron chi connectivity index (χ3n) is 4.02. The highest BCUT2D eigenvalue weighted by Crippen LogP contribution is 2.38. The number of amides is 1. The van der Waals surface area contributed by atoms with Crippen LogP contribution in [0.2, 0.25) is 0 Å². The molecular formula is C15H17FN2O4. The maximum atomic E-state index is 13.1. The zero-order chi connectivity index (χ0) is 15.7. The van der Waals surface area contributed by atoms with Crippen molar-refractivity contribution in [3.63, 3.8) is 0 Å². The number of benzene rings is 1. The number of halogens is 1. The predicted octanol–water partition coefficient (Wildman–Crippen LogP) is 1.08. The van der Waals surface area contributed by atoms with Gasteiger partial charge in [-0.3, -0.25) is 14.5 Å². The number of hydrogen-bond donors (Lipinski definition) is 2. The molecule has 0 aromatic heterocycles. The molecule has 0 bridgehead atoms. The van der Waals surface area contributed by atoms with Crippen LogP contribution in [0.4, 0.5) is 10.1 Å². The molecule has 2 saturated heterocycles. The Morgan fingerprint density at radius 2 is 2.23 bits per heavy atom. The second-order valence-corrected chi connectivity index (χ2v) is 5.87. The molecule has 0 saturated carbocycles. The van der Waals surface area contributed by atoms with Crippen LogP contribution in [0.15, 0.2) is 24.3 Å². The van der Waals surface area contributed by atoms with Gasteiger partial charge in [-0.1, -0.05) is 6.07 Å². The second kappa shape index (κ2) is 5.66. The van der Waals surface area contributed by atoms with Crippen LogP contribution in [0.5, 0.6) is 0 Å². The standard InChI is InChI=1S/C15H17FN2O4/c16-10-2-1-3-11(6-10)17-14(21)12-4-5-15(22-12)8-18(9-15)7-13(19)20/h1-3,6,12H,4-5,7-9H2,(H,17,21)(H,19,20). The number of carbonyl (C=O) groups is 2. The summed E-state index contributed by atoms with van der Waals surface area (Å²) in [4.78, 5) is 24.6. The number of aliphatic carboxylic acids is 1. The van der Waals surface area contributed by atoms with E-state index in [1.165, 1.54) is 18.2 Å². The largest absolute Gasteiger partial charge is 0.480 e. The molecule has 2 N–H and O–H groups in total. The highest BCUT2D eigenvalue weighted by Gasteiger charge is 2.51. The van der Waals surface area contributed by atoms with E-state index < -0.39 is 23.5 Å². The predicted molar refractivity (Wildman–Crippen MR) is 75.9 cm³/mol. The number of likely N-dealkylation sites (tertiary alicyclic amines) is 1. The second-order valence-electron chi connectivity index (χ2n) is 5.87. The number of nitrogens with one attached hydrogen (secondary N) is 1. The van der Waals surface area contributed by atoms with Crippen molar-refractivity contribution >= 4 is 17.6 Å². The molecule has 2 aliphatic heterocycles. The average molecular weight is 308 g/mol. The van der Waals surface area contributed by atoms with E-state index in [1.54, 1.807) is 11.0 Å². The van der Waals surface area contributed by atoms with E-state index in [-0.39, 0.29) is 12.5 Å². The summed E-state index contributed by atoms with van der Waals surface area (Å²) in [6.45, 7) is 1.05.